The molecule has 0 radical (unpaired) electrons. The summed E-state index contributed by atoms with van der Waals surface area (Å²) in [6.07, 6.45) is -9.45. The number of aliphatic hydroxyl groups excluding tert-OH is 1. The smallest absolute Gasteiger partial charge is 0.430 e. The van der Waals surface area contributed by atoms with E-state index in [1.807, 2.05) is 31.2 Å². The van der Waals surface area contributed by atoms with Crippen molar-refractivity contribution in [1.29, 1.82) is 0 Å². The van der Waals surface area contributed by atoms with Gasteiger partial charge in [0.2, 0.25) is 5.91 Å². The Hall–Kier alpha value is -2.83. The summed E-state index contributed by atoms with van der Waals surface area (Å²) in [6.45, 7) is 6.85. The molecule has 2 aliphatic rings. The lowest BCUT2D eigenvalue weighted by Crippen LogP contribution is -2.53. The standard InChI is InChI=1S/C32H40F6N2O4/c1-5-10-21-18-25-24(19-44-30(25,31(33,34)35)32(36,37)38)23(11-6-2)26(21)43-17-9-8-16-40-27(41)29(4,39-28(40)42)22-14-12-20(7-3)13-15-22/h12-15,18,28,39,42H,5-11,16-17,19H2,1-4H3. The second kappa shape index (κ2) is 12.9. The van der Waals surface area contributed by atoms with Crippen molar-refractivity contribution in [1.82, 2.24) is 10.2 Å². The van der Waals surface area contributed by atoms with Crippen molar-refractivity contribution in [3.05, 3.63) is 63.7 Å². The molecule has 2 N–H and O–H groups in total. The number of aryl methyl sites for hydroxylation is 2. The number of halogens is 6. The maximum absolute atomic E-state index is 14.0. The molecular formula is C32H40F6N2O4. The third kappa shape index (κ3) is 5.92. The molecule has 2 aliphatic heterocycles. The fourth-order valence-electron chi connectivity index (χ4n) is 6.20. The van der Waals surface area contributed by atoms with Crippen molar-refractivity contribution in [2.75, 3.05) is 13.2 Å². The van der Waals surface area contributed by atoms with Crippen LogP contribution < -0.4 is 10.1 Å². The van der Waals surface area contributed by atoms with E-state index in [2.05, 4.69) is 10.1 Å². The first-order chi connectivity index (χ1) is 20.7. The summed E-state index contributed by atoms with van der Waals surface area (Å²) in [4.78, 5) is 14.7. The van der Waals surface area contributed by atoms with E-state index in [0.717, 1.165) is 23.6 Å². The van der Waals surface area contributed by atoms with E-state index in [1.165, 1.54) is 4.90 Å². The van der Waals surface area contributed by atoms with Gasteiger partial charge in [0, 0.05) is 17.7 Å². The Kier molecular flexibility index (Phi) is 9.97. The van der Waals surface area contributed by atoms with Gasteiger partial charge in [-0.25, -0.2) is 0 Å². The number of alkyl halides is 6. The summed E-state index contributed by atoms with van der Waals surface area (Å²) in [7, 11) is 0. The van der Waals surface area contributed by atoms with E-state index in [9.17, 15) is 36.2 Å². The molecular weight excluding hydrogens is 590 g/mol. The van der Waals surface area contributed by atoms with Crippen LogP contribution in [0.15, 0.2) is 30.3 Å². The van der Waals surface area contributed by atoms with E-state index in [-0.39, 0.29) is 43.0 Å². The summed E-state index contributed by atoms with van der Waals surface area (Å²) >= 11 is 0. The van der Waals surface area contributed by atoms with Crippen molar-refractivity contribution in [2.24, 2.45) is 0 Å². The summed E-state index contributed by atoms with van der Waals surface area (Å²) in [6, 6.07) is 8.58. The number of hydrogen-bond donors (Lipinski definition) is 2. The topological polar surface area (TPSA) is 71.0 Å². The quantitative estimate of drug-likeness (QED) is 0.200. The second-order valence-corrected chi connectivity index (χ2v) is 11.6. The van der Waals surface area contributed by atoms with Gasteiger partial charge in [-0.05, 0) is 67.3 Å². The lowest BCUT2D eigenvalue weighted by Gasteiger charge is -2.34. The van der Waals surface area contributed by atoms with Crippen LogP contribution in [-0.2, 0) is 46.5 Å². The number of unbranched alkanes of at least 4 members (excludes halogenated alkanes) is 1. The number of rotatable bonds is 12. The predicted molar refractivity (Wildman–Crippen MR) is 152 cm³/mol. The molecule has 6 nitrogen and oxygen atoms in total. The summed E-state index contributed by atoms with van der Waals surface area (Å²) < 4.78 is 95.0. The number of benzene rings is 2. The molecule has 4 rings (SSSR count). The van der Waals surface area contributed by atoms with Crippen molar-refractivity contribution in [2.45, 2.75) is 109 Å². The van der Waals surface area contributed by atoms with Gasteiger partial charge in [0.1, 0.15) is 11.3 Å². The van der Waals surface area contributed by atoms with Crippen LogP contribution in [0.25, 0.3) is 0 Å². The lowest BCUT2D eigenvalue weighted by atomic mass is 9.84. The van der Waals surface area contributed by atoms with Crippen molar-refractivity contribution < 1.29 is 45.7 Å². The monoisotopic (exact) mass is 630 g/mol. The maximum atomic E-state index is 14.0. The van der Waals surface area contributed by atoms with E-state index < -0.39 is 42.0 Å². The number of nitrogens with one attached hydrogen (secondary N) is 1. The molecule has 44 heavy (non-hydrogen) atoms. The zero-order chi connectivity index (χ0) is 32.5. The van der Waals surface area contributed by atoms with Gasteiger partial charge >= 0.3 is 12.4 Å². The Bertz CT molecular complexity index is 1310. The van der Waals surface area contributed by atoms with Gasteiger partial charge in [-0.2, -0.15) is 26.3 Å². The van der Waals surface area contributed by atoms with Crippen LogP contribution in [0.1, 0.15) is 86.8 Å². The maximum Gasteiger partial charge on any atom is 0.430 e. The molecule has 1 amide bonds. The Balaban J connectivity index is 1.50. The molecule has 1 fully saturated rings. The number of carbonyl (C=O) groups excluding carboxylic acids is 1. The summed E-state index contributed by atoms with van der Waals surface area (Å²) in [5, 5.41) is 13.6. The Morgan fingerprint density at radius 1 is 1.02 bits per heavy atom. The largest absolute Gasteiger partial charge is 0.493 e. The van der Waals surface area contributed by atoms with Gasteiger partial charge < -0.3 is 19.5 Å². The molecule has 0 spiro atoms. The third-order valence-electron chi connectivity index (χ3n) is 8.58. The minimum absolute atomic E-state index is 0.123. The first kappa shape index (κ1) is 34.1. The molecule has 2 heterocycles. The van der Waals surface area contributed by atoms with Crippen LogP contribution in [0, 0.1) is 0 Å². The second-order valence-electron chi connectivity index (χ2n) is 11.6. The number of hydrogen-bond acceptors (Lipinski definition) is 5. The van der Waals surface area contributed by atoms with Crippen LogP contribution in [0.5, 0.6) is 5.75 Å². The van der Waals surface area contributed by atoms with Crippen molar-refractivity contribution in [3.8, 4) is 5.75 Å². The van der Waals surface area contributed by atoms with Gasteiger partial charge in [0.15, 0.2) is 6.35 Å². The van der Waals surface area contributed by atoms with E-state index >= 15 is 0 Å². The number of carbonyl (C=O) groups is 1. The molecule has 0 aromatic heterocycles. The predicted octanol–water partition coefficient (Wildman–Crippen LogP) is 6.79. The SMILES string of the molecule is CCCc1cc2c(c(CCC)c1OCCCCN1C(=O)C(C)(c3ccc(CC)cc3)NC1O)COC2(C(F)(F)F)C(F)(F)F. The first-order valence-electron chi connectivity index (χ1n) is 15.1. The fraction of sp³-hybridized carbons (Fsp3) is 0.594. The van der Waals surface area contributed by atoms with Crippen LogP contribution in [0.4, 0.5) is 26.3 Å². The fourth-order valence-corrected chi connectivity index (χ4v) is 6.20. The van der Waals surface area contributed by atoms with E-state index in [1.54, 1.807) is 20.8 Å². The number of nitrogens with zero attached hydrogens (tertiary/aromatic N) is 1. The first-order valence-corrected chi connectivity index (χ1v) is 15.1. The van der Waals surface area contributed by atoms with Gasteiger partial charge in [-0.15, -0.1) is 0 Å². The van der Waals surface area contributed by atoms with E-state index in [0.29, 0.717) is 37.0 Å². The third-order valence-corrected chi connectivity index (χ3v) is 8.58. The average Bonchev–Trinajstić information content (AvgIpc) is 3.46. The molecule has 0 aliphatic carbocycles. The molecule has 2 unspecified atom stereocenters. The zero-order valence-corrected chi connectivity index (χ0v) is 25.4. The zero-order valence-electron chi connectivity index (χ0n) is 25.4. The highest BCUT2D eigenvalue weighted by molar-refractivity contribution is 5.89. The summed E-state index contributed by atoms with van der Waals surface area (Å²) in [5.74, 6) is 0.0281. The molecule has 244 valence electrons. The van der Waals surface area contributed by atoms with Crippen LogP contribution >= 0.6 is 0 Å². The molecule has 0 bridgehead atoms. The minimum atomic E-state index is -5.70. The molecule has 12 heteroatoms. The van der Waals surface area contributed by atoms with E-state index in [4.69, 9.17) is 4.74 Å². The Morgan fingerprint density at radius 3 is 2.23 bits per heavy atom. The Labute approximate surface area is 253 Å². The highest BCUT2D eigenvalue weighted by Gasteiger charge is 2.76. The van der Waals surface area contributed by atoms with Crippen molar-refractivity contribution in [3.63, 3.8) is 0 Å². The van der Waals surface area contributed by atoms with Gasteiger partial charge in [-0.1, -0.05) is 57.9 Å². The number of fused-ring (bicyclic) bond motifs is 1. The lowest BCUT2D eigenvalue weighted by molar-refractivity contribution is -0.385. The number of amides is 1. The van der Waals surface area contributed by atoms with Crippen LogP contribution in [0.2, 0.25) is 0 Å². The van der Waals surface area contributed by atoms with Crippen molar-refractivity contribution >= 4 is 5.91 Å². The molecule has 2 atom stereocenters. The highest BCUT2D eigenvalue weighted by atomic mass is 19.4. The summed E-state index contributed by atoms with van der Waals surface area (Å²) in [5.41, 5.74) is -4.07. The normalized spacial score (nSPS) is 21.7. The minimum Gasteiger partial charge on any atom is -0.493 e. The van der Waals surface area contributed by atoms with Gasteiger partial charge in [-0.3, -0.25) is 10.1 Å². The van der Waals surface area contributed by atoms with Gasteiger partial charge in [0.25, 0.3) is 5.60 Å². The van der Waals surface area contributed by atoms with Gasteiger partial charge in [0.05, 0.1) is 13.2 Å². The molecule has 2 aromatic carbocycles. The average molecular weight is 631 g/mol. The molecule has 0 saturated carbocycles. The molecule has 2 aromatic rings. The number of aliphatic hydroxyl groups is 1. The number of ether oxygens (including phenoxy) is 2. The Morgan fingerprint density at radius 2 is 1.66 bits per heavy atom. The van der Waals surface area contributed by atoms with Crippen LogP contribution in [0.3, 0.4) is 0 Å². The van der Waals surface area contributed by atoms with Crippen LogP contribution in [-0.4, -0.2) is 47.8 Å². The highest BCUT2D eigenvalue weighted by Crippen LogP contribution is 2.58. The molecule has 1 saturated heterocycles.